The van der Waals surface area contributed by atoms with Gasteiger partial charge in [-0.2, -0.15) is 0 Å². The third kappa shape index (κ3) is 3.13. The largest absolute Gasteiger partial charge is 0.394 e. The van der Waals surface area contributed by atoms with Crippen molar-refractivity contribution in [2.24, 2.45) is 0 Å². The zero-order chi connectivity index (χ0) is 14.6. The lowest BCUT2D eigenvalue weighted by Crippen LogP contribution is -2.44. The van der Waals surface area contributed by atoms with Gasteiger partial charge in [0.25, 0.3) is 0 Å². The number of anilines is 1. The molecule has 2 rings (SSSR count). The normalized spacial score (nSPS) is 18.7. The van der Waals surface area contributed by atoms with Gasteiger partial charge in [-0.3, -0.25) is 0 Å². The Morgan fingerprint density at radius 2 is 1.85 bits per heavy atom. The third-order valence-corrected chi connectivity index (χ3v) is 5.43. The van der Waals surface area contributed by atoms with E-state index in [1.165, 1.54) is 13.5 Å². The molecule has 112 valence electrons. The van der Waals surface area contributed by atoms with Gasteiger partial charge in [-0.1, -0.05) is 31.4 Å². The van der Waals surface area contributed by atoms with E-state index in [1.807, 2.05) is 0 Å². The molecule has 1 saturated carbocycles. The Bertz CT molecular complexity index is 551. The fourth-order valence-electron chi connectivity index (χ4n) is 2.75. The summed E-state index contributed by atoms with van der Waals surface area (Å²) in [6.07, 6.45) is 4.98. The second-order valence-corrected chi connectivity index (χ2v) is 7.18. The second-order valence-electron chi connectivity index (χ2n) is 5.33. The number of hydrogen-bond donors (Lipinski definition) is 3. The maximum atomic E-state index is 12.0. The molecule has 0 radical (unpaired) electrons. The number of rotatable bonds is 5. The zero-order valence-electron chi connectivity index (χ0n) is 11.7. The minimum atomic E-state index is -3.51. The standard InChI is InChI=1S/C14H22N2O3S/c1-15-20(18,19)13-8-4-3-7-12(13)16-14(11-17)9-5-2-6-10-14/h3-4,7-8,15-17H,2,5-6,9-11H2,1H3. The van der Waals surface area contributed by atoms with Crippen LogP contribution in [0, 0.1) is 0 Å². The molecule has 3 N–H and O–H groups in total. The average molecular weight is 298 g/mol. The highest BCUT2D eigenvalue weighted by Crippen LogP contribution is 2.33. The molecule has 5 nitrogen and oxygen atoms in total. The van der Waals surface area contributed by atoms with E-state index in [4.69, 9.17) is 0 Å². The maximum absolute atomic E-state index is 12.0. The Hall–Kier alpha value is -1.11. The molecule has 1 aliphatic carbocycles. The molecular formula is C14H22N2O3S. The Kier molecular flexibility index (Phi) is 4.67. The first-order valence-electron chi connectivity index (χ1n) is 6.95. The summed E-state index contributed by atoms with van der Waals surface area (Å²) < 4.78 is 26.4. The monoisotopic (exact) mass is 298 g/mol. The van der Waals surface area contributed by atoms with Crippen LogP contribution in [0.2, 0.25) is 0 Å². The highest BCUT2D eigenvalue weighted by molar-refractivity contribution is 7.89. The van der Waals surface area contributed by atoms with Crippen molar-refractivity contribution in [1.82, 2.24) is 4.72 Å². The van der Waals surface area contributed by atoms with Crippen LogP contribution in [0.15, 0.2) is 29.2 Å². The minimum absolute atomic E-state index is 0.0148. The Labute approximate surface area is 120 Å². The van der Waals surface area contributed by atoms with E-state index in [1.54, 1.807) is 24.3 Å². The van der Waals surface area contributed by atoms with E-state index in [0.29, 0.717) is 5.69 Å². The molecule has 0 aromatic heterocycles. The summed E-state index contributed by atoms with van der Waals surface area (Å²) in [5, 5.41) is 13.0. The molecule has 1 fully saturated rings. The summed E-state index contributed by atoms with van der Waals surface area (Å²) in [4.78, 5) is 0.223. The number of nitrogens with one attached hydrogen (secondary N) is 2. The second kappa shape index (κ2) is 6.11. The number of aliphatic hydroxyl groups is 1. The van der Waals surface area contributed by atoms with Gasteiger partial charge in [0.05, 0.1) is 17.8 Å². The predicted molar refractivity (Wildman–Crippen MR) is 79.2 cm³/mol. The molecule has 0 heterocycles. The van der Waals surface area contributed by atoms with Crippen molar-refractivity contribution in [2.75, 3.05) is 19.0 Å². The lowest BCUT2D eigenvalue weighted by molar-refractivity contribution is 0.172. The van der Waals surface area contributed by atoms with Crippen LogP contribution < -0.4 is 10.0 Å². The van der Waals surface area contributed by atoms with Gasteiger partial charge in [0, 0.05) is 0 Å². The van der Waals surface area contributed by atoms with Gasteiger partial charge in [0.2, 0.25) is 10.0 Å². The molecular weight excluding hydrogens is 276 g/mol. The molecule has 0 unspecified atom stereocenters. The molecule has 0 saturated heterocycles. The van der Waals surface area contributed by atoms with Crippen LogP contribution >= 0.6 is 0 Å². The molecule has 0 amide bonds. The van der Waals surface area contributed by atoms with Crippen molar-refractivity contribution in [3.05, 3.63) is 24.3 Å². The van der Waals surface area contributed by atoms with Crippen LogP contribution in [0.4, 0.5) is 5.69 Å². The Morgan fingerprint density at radius 3 is 2.45 bits per heavy atom. The lowest BCUT2D eigenvalue weighted by Gasteiger charge is -2.37. The van der Waals surface area contributed by atoms with Crippen molar-refractivity contribution in [3.63, 3.8) is 0 Å². The number of hydrogen-bond acceptors (Lipinski definition) is 4. The summed E-state index contributed by atoms with van der Waals surface area (Å²) in [6.45, 7) is 0.0148. The quantitative estimate of drug-likeness (QED) is 0.773. The zero-order valence-corrected chi connectivity index (χ0v) is 12.5. The van der Waals surface area contributed by atoms with Crippen molar-refractivity contribution in [2.45, 2.75) is 42.5 Å². The highest BCUT2D eigenvalue weighted by atomic mass is 32.2. The van der Waals surface area contributed by atoms with Crippen molar-refractivity contribution < 1.29 is 13.5 Å². The van der Waals surface area contributed by atoms with E-state index >= 15 is 0 Å². The minimum Gasteiger partial charge on any atom is -0.394 e. The first-order chi connectivity index (χ1) is 9.53. The summed E-state index contributed by atoms with van der Waals surface area (Å²) >= 11 is 0. The van der Waals surface area contributed by atoms with Gasteiger partial charge in [-0.15, -0.1) is 0 Å². The van der Waals surface area contributed by atoms with Gasteiger partial charge in [-0.25, -0.2) is 13.1 Å². The predicted octanol–water partition coefficient (Wildman–Crippen LogP) is 1.70. The van der Waals surface area contributed by atoms with Crippen LogP contribution in [0.1, 0.15) is 32.1 Å². The molecule has 0 spiro atoms. The van der Waals surface area contributed by atoms with Gasteiger partial charge >= 0.3 is 0 Å². The van der Waals surface area contributed by atoms with Crippen LogP contribution in [0.25, 0.3) is 0 Å². The lowest BCUT2D eigenvalue weighted by atomic mass is 9.82. The van der Waals surface area contributed by atoms with E-state index < -0.39 is 15.6 Å². The van der Waals surface area contributed by atoms with Crippen LogP contribution in [-0.2, 0) is 10.0 Å². The van der Waals surface area contributed by atoms with Gasteiger partial charge in [0.15, 0.2) is 0 Å². The molecule has 1 aliphatic rings. The molecule has 1 aromatic rings. The highest BCUT2D eigenvalue weighted by Gasteiger charge is 2.32. The van der Waals surface area contributed by atoms with Crippen LogP contribution in [0.5, 0.6) is 0 Å². The number of para-hydroxylation sites is 1. The van der Waals surface area contributed by atoms with E-state index in [-0.39, 0.29) is 11.5 Å². The topological polar surface area (TPSA) is 78.4 Å². The summed E-state index contributed by atoms with van der Waals surface area (Å²) in [6, 6.07) is 6.81. The summed E-state index contributed by atoms with van der Waals surface area (Å²) in [5.41, 5.74) is 0.148. The smallest absolute Gasteiger partial charge is 0.242 e. The molecule has 6 heteroatoms. The van der Waals surface area contributed by atoms with Crippen LogP contribution in [-0.4, -0.2) is 32.7 Å². The molecule has 0 atom stereocenters. The number of aliphatic hydroxyl groups excluding tert-OH is 1. The SMILES string of the molecule is CNS(=O)(=O)c1ccccc1NC1(CO)CCCCC1. The van der Waals surface area contributed by atoms with Crippen LogP contribution in [0.3, 0.4) is 0 Å². The third-order valence-electron chi connectivity index (χ3n) is 3.96. The van der Waals surface area contributed by atoms with E-state index in [2.05, 4.69) is 10.0 Å². The number of benzene rings is 1. The van der Waals surface area contributed by atoms with E-state index in [0.717, 1.165) is 25.7 Å². The van der Waals surface area contributed by atoms with Gasteiger partial charge < -0.3 is 10.4 Å². The molecule has 1 aromatic carbocycles. The summed E-state index contributed by atoms with van der Waals surface area (Å²) in [7, 11) is -2.11. The first-order valence-corrected chi connectivity index (χ1v) is 8.43. The molecule has 0 aliphatic heterocycles. The molecule has 20 heavy (non-hydrogen) atoms. The number of sulfonamides is 1. The fourth-order valence-corrected chi connectivity index (χ4v) is 3.64. The average Bonchev–Trinajstić information content (AvgIpc) is 2.48. The maximum Gasteiger partial charge on any atom is 0.242 e. The Balaban J connectivity index is 2.34. The first kappa shape index (κ1) is 15.3. The van der Waals surface area contributed by atoms with Gasteiger partial charge in [-0.05, 0) is 32.0 Å². The Morgan fingerprint density at radius 1 is 1.20 bits per heavy atom. The van der Waals surface area contributed by atoms with Crippen molar-refractivity contribution in [3.8, 4) is 0 Å². The summed E-state index contributed by atoms with van der Waals surface area (Å²) in [5.74, 6) is 0. The van der Waals surface area contributed by atoms with E-state index in [9.17, 15) is 13.5 Å². The van der Waals surface area contributed by atoms with Gasteiger partial charge in [0.1, 0.15) is 4.90 Å². The van der Waals surface area contributed by atoms with Crippen molar-refractivity contribution in [1.29, 1.82) is 0 Å². The van der Waals surface area contributed by atoms with Crippen molar-refractivity contribution >= 4 is 15.7 Å². The fraction of sp³-hybridized carbons (Fsp3) is 0.571. The molecule has 0 bridgehead atoms.